The zero-order valence-electron chi connectivity index (χ0n) is 10.7. The first-order valence-corrected chi connectivity index (χ1v) is 6.99. The second-order valence-electron chi connectivity index (χ2n) is 5.20. The van der Waals surface area contributed by atoms with Gasteiger partial charge >= 0.3 is 0 Å². The molecule has 0 saturated carbocycles. The molecule has 1 fully saturated rings. The Morgan fingerprint density at radius 2 is 2.00 bits per heavy atom. The highest BCUT2D eigenvalue weighted by molar-refractivity contribution is 5.37. The molecule has 0 bridgehead atoms. The van der Waals surface area contributed by atoms with Crippen LogP contribution in [0.3, 0.4) is 0 Å². The minimum Gasteiger partial charge on any atom is -0.488 e. The molecule has 0 aromatic heterocycles. The fourth-order valence-corrected chi connectivity index (χ4v) is 2.74. The van der Waals surface area contributed by atoms with Gasteiger partial charge < -0.3 is 14.8 Å². The molecular weight excluding hydrogens is 226 g/mol. The number of hydrogen-bond acceptors (Lipinski definition) is 3. The van der Waals surface area contributed by atoms with Crippen molar-refractivity contribution in [1.82, 2.24) is 5.32 Å². The minimum absolute atomic E-state index is 0.283. The summed E-state index contributed by atoms with van der Waals surface area (Å²) >= 11 is 0. The van der Waals surface area contributed by atoms with Crippen molar-refractivity contribution in [2.24, 2.45) is 0 Å². The molecule has 1 saturated heterocycles. The van der Waals surface area contributed by atoms with Crippen LogP contribution in [0, 0.1) is 0 Å². The molecule has 2 heterocycles. The Labute approximate surface area is 108 Å². The number of fused-ring (bicyclic) bond motifs is 1. The van der Waals surface area contributed by atoms with Gasteiger partial charge in [-0.2, -0.15) is 0 Å². The van der Waals surface area contributed by atoms with Crippen molar-refractivity contribution < 1.29 is 9.47 Å². The second kappa shape index (κ2) is 5.72. The van der Waals surface area contributed by atoms with E-state index in [-0.39, 0.29) is 6.10 Å². The van der Waals surface area contributed by atoms with Crippen LogP contribution in [0.1, 0.15) is 24.8 Å². The Morgan fingerprint density at radius 1 is 1.11 bits per heavy atom. The Hall–Kier alpha value is -1.06. The van der Waals surface area contributed by atoms with E-state index in [9.17, 15) is 0 Å². The maximum absolute atomic E-state index is 5.89. The lowest BCUT2D eigenvalue weighted by Gasteiger charge is -2.23. The van der Waals surface area contributed by atoms with Crippen LogP contribution in [0.25, 0.3) is 0 Å². The molecule has 1 aromatic carbocycles. The highest BCUT2D eigenvalue weighted by Crippen LogP contribution is 2.27. The van der Waals surface area contributed by atoms with Gasteiger partial charge in [0.25, 0.3) is 0 Å². The summed E-state index contributed by atoms with van der Waals surface area (Å²) in [5.74, 6) is 1.05. The molecule has 2 aliphatic heterocycles. The van der Waals surface area contributed by atoms with Crippen LogP contribution in [0.2, 0.25) is 0 Å². The van der Waals surface area contributed by atoms with E-state index in [1.165, 1.54) is 24.8 Å². The number of nitrogens with one attached hydrogen (secondary N) is 1. The van der Waals surface area contributed by atoms with Gasteiger partial charge in [-0.15, -0.1) is 0 Å². The fraction of sp³-hybridized carbons (Fsp3) is 0.600. The molecule has 2 unspecified atom stereocenters. The van der Waals surface area contributed by atoms with Gasteiger partial charge in [-0.3, -0.25) is 0 Å². The van der Waals surface area contributed by atoms with Crippen LogP contribution >= 0.6 is 0 Å². The summed E-state index contributed by atoms with van der Waals surface area (Å²) in [7, 11) is 0. The SMILES string of the molecule is c1ccc2c(c1)CC(CNCC1CCCCO1)O2. The first-order valence-electron chi connectivity index (χ1n) is 6.99. The normalized spacial score (nSPS) is 26.7. The zero-order valence-corrected chi connectivity index (χ0v) is 10.7. The van der Waals surface area contributed by atoms with Gasteiger partial charge in [0, 0.05) is 26.1 Å². The maximum atomic E-state index is 5.89. The van der Waals surface area contributed by atoms with Gasteiger partial charge in [-0.1, -0.05) is 18.2 Å². The molecule has 0 aliphatic carbocycles. The quantitative estimate of drug-likeness (QED) is 0.884. The summed E-state index contributed by atoms with van der Waals surface area (Å²) in [4.78, 5) is 0. The number of hydrogen-bond donors (Lipinski definition) is 1. The largest absolute Gasteiger partial charge is 0.488 e. The van der Waals surface area contributed by atoms with E-state index in [0.29, 0.717) is 6.10 Å². The van der Waals surface area contributed by atoms with Crippen molar-refractivity contribution in [2.45, 2.75) is 37.9 Å². The molecule has 3 nitrogen and oxygen atoms in total. The number of ether oxygens (including phenoxy) is 2. The predicted molar refractivity (Wildman–Crippen MR) is 71.0 cm³/mol. The Balaban J connectivity index is 1.40. The standard InChI is InChI=1S/C15H21NO2/c1-2-7-15-12(5-1)9-14(18-15)11-16-10-13-6-3-4-8-17-13/h1-2,5,7,13-14,16H,3-4,6,8-11H2. The third-order valence-electron chi connectivity index (χ3n) is 3.73. The molecule has 2 atom stereocenters. The summed E-state index contributed by atoms with van der Waals surface area (Å²) < 4.78 is 11.6. The Bertz CT molecular complexity index is 363. The molecular formula is C15H21NO2. The van der Waals surface area contributed by atoms with E-state index in [2.05, 4.69) is 23.5 Å². The van der Waals surface area contributed by atoms with E-state index in [1.54, 1.807) is 0 Å². The topological polar surface area (TPSA) is 30.5 Å². The van der Waals surface area contributed by atoms with E-state index in [0.717, 1.165) is 31.9 Å². The number of rotatable bonds is 4. The van der Waals surface area contributed by atoms with Crippen LogP contribution in [0.15, 0.2) is 24.3 Å². The summed E-state index contributed by atoms with van der Waals surface area (Å²) in [5, 5.41) is 3.48. The molecule has 18 heavy (non-hydrogen) atoms. The third-order valence-corrected chi connectivity index (χ3v) is 3.73. The predicted octanol–water partition coefficient (Wildman–Crippen LogP) is 2.15. The minimum atomic E-state index is 0.283. The van der Waals surface area contributed by atoms with E-state index in [4.69, 9.17) is 9.47 Å². The summed E-state index contributed by atoms with van der Waals surface area (Å²) in [6.45, 7) is 2.79. The lowest BCUT2D eigenvalue weighted by Crippen LogP contribution is -2.37. The van der Waals surface area contributed by atoms with Crippen molar-refractivity contribution in [3.63, 3.8) is 0 Å². The zero-order chi connectivity index (χ0) is 12.2. The molecule has 1 N–H and O–H groups in total. The Morgan fingerprint density at radius 3 is 2.83 bits per heavy atom. The molecule has 2 aliphatic rings. The van der Waals surface area contributed by atoms with Gasteiger partial charge in [0.2, 0.25) is 0 Å². The van der Waals surface area contributed by atoms with E-state index >= 15 is 0 Å². The molecule has 0 amide bonds. The first kappa shape index (κ1) is 12.0. The molecule has 3 heteroatoms. The van der Waals surface area contributed by atoms with Gasteiger partial charge in [0.05, 0.1) is 6.10 Å². The van der Waals surface area contributed by atoms with Crippen LogP contribution < -0.4 is 10.1 Å². The molecule has 3 rings (SSSR count). The smallest absolute Gasteiger partial charge is 0.123 e. The van der Waals surface area contributed by atoms with Crippen molar-refractivity contribution in [3.05, 3.63) is 29.8 Å². The van der Waals surface area contributed by atoms with Crippen molar-refractivity contribution in [2.75, 3.05) is 19.7 Å². The lowest BCUT2D eigenvalue weighted by molar-refractivity contribution is 0.0159. The Kier molecular flexibility index (Phi) is 3.81. The average Bonchev–Trinajstić information content (AvgIpc) is 2.82. The summed E-state index contributed by atoms with van der Waals surface area (Å²) in [6.07, 6.45) is 5.43. The first-order chi connectivity index (χ1) is 8.92. The highest BCUT2D eigenvalue weighted by atomic mass is 16.5. The number of benzene rings is 1. The van der Waals surface area contributed by atoms with E-state index in [1.807, 2.05) is 6.07 Å². The van der Waals surface area contributed by atoms with Crippen molar-refractivity contribution in [3.8, 4) is 5.75 Å². The van der Waals surface area contributed by atoms with Crippen LogP contribution in [0.4, 0.5) is 0 Å². The van der Waals surface area contributed by atoms with Crippen molar-refractivity contribution in [1.29, 1.82) is 0 Å². The molecule has 1 aromatic rings. The molecule has 0 spiro atoms. The van der Waals surface area contributed by atoms with Gasteiger partial charge in [-0.25, -0.2) is 0 Å². The van der Waals surface area contributed by atoms with Gasteiger partial charge in [-0.05, 0) is 30.9 Å². The van der Waals surface area contributed by atoms with E-state index < -0.39 is 0 Å². The number of para-hydroxylation sites is 1. The maximum Gasteiger partial charge on any atom is 0.123 e. The fourth-order valence-electron chi connectivity index (χ4n) is 2.74. The van der Waals surface area contributed by atoms with Crippen molar-refractivity contribution >= 4 is 0 Å². The molecule has 0 radical (unpaired) electrons. The van der Waals surface area contributed by atoms with Gasteiger partial charge in [0.1, 0.15) is 11.9 Å². The monoisotopic (exact) mass is 247 g/mol. The summed E-state index contributed by atoms with van der Waals surface area (Å²) in [6, 6.07) is 8.32. The van der Waals surface area contributed by atoms with Crippen LogP contribution in [-0.4, -0.2) is 31.9 Å². The van der Waals surface area contributed by atoms with Gasteiger partial charge in [0.15, 0.2) is 0 Å². The average molecular weight is 247 g/mol. The summed E-state index contributed by atoms with van der Waals surface area (Å²) in [5.41, 5.74) is 1.33. The third kappa shape index (κ3) is 2.85. The molecule has 98 valence electrons. The lowest BCUT2D eigenvalue weighted by atomic mass is 10.1. The van der Waals surface area contributed by atoms with Crippen LogP contribution in [-0.2, 0) is 11.2 Å². The second-order valence-corrected chi connectivity index (χ2v) is 5.20. The highest BCUT2D eigenvalue weighted by Gasteiger charge is 2.22. The van der Waals surface area contributed by atoms with Crippen LogP contribution in [0.5, 0.6) is 5.75 Å².